The average Bonchev–Trinajstić information content (AvgIpc) is 3.43. The summed E-state index contributed by atoms with van der Waals surface area (Å²) in [7, 11) is 1.77. The molecule has 4 heterocycles. The monoisotopic (exact) mass is 447 g/mol. The standard InChI is InChI=1S/C24H26FN7O/c1-14-17-10-16(25)5-6-18(17)29-22(32-7-3-4-8-32)11-19-23(20(12-26)31(2)30-19)15-9-21(33-14)24(27)28-13-15/h5-6,9-10,13-14,22,29H,3-4,7-8,11H2,1-2H3,(H2,27,28)/t14-,22?/m1/s1. The number of nitriles is 1. The number of anilines is 2. The molecule has 2 aliphatic heterocycles. The number of nitrogens with two attached hydrogens (primary N) is 1. The predicted molar refractivity (Wildman–Crippen MR) is 123 cm³/mol. The van der Waals surface area contributed by atoms with E-state index in [0.29, 0.717) is 29.0 Å². The van der Waals surface area contributed by atoms with Gasteiger partial charge in [-0.1, -0.05) is 0 Å². The lowest BCUT2D eigenvalue weighted by molar-refractivity contribution is 0.226. The summed E-state index contributed by atoms with van der Waals surface area (Å²) in [6.45, 7) is 3.78. The van der Waals surface area contributed by atoms with Crippen molar-refractivity contribution in [3.63, 3.8) is 0 Å². The number of aromatic nitrogens is 3. The fourth-order valence-electron chi connectivity index (χ4n) is 4.78. The maximum atomic E-state index is 14.2. The number of hydrogen-bond acceptors (Lipinski definition) is 7. The van der Waals surface area contributed by atoms with Crippen LogP contribution in [0.5, 0.6) is 5.75 Å². The molecule has 2 bridgehead atoms. The van der Waals surface area contributed by atoms with Crippen LogP contribution in [0.4, 0.5) is 15.9 Å². The molecule has 1 aromatic carbocycles. The van der Waals surface area contributed by atoms with Gasteiger partial charge >= 0.3 is 0 Å². The molecular weight excluding hydrogens is 421 g/mol. The highest BCUT2D eigenvalue weighted by atomic mass is 19.1. The van der Waals surface area contributed by atoms with E-state index in [1.54, 1.807) is 30.1 Å². The first kappa shape index (κ1) is 21.2. The molecule has 0 radical (unpaired) electrons. The van der Waals surface area contributed by atoms with E-state index in [-0.39, 0.29) is 17.8 Å². The maximum Gasteiger partial charge on any atom is 0.166 e. The van der Waals surface area contributed by atoms with Crippen molar-refractivity contribution in [2.75, 3.05) is 24.1 Å². The van der Waals surface area contributed by atoms with Gasteiger partial charge in [0.1, 0.15) is 23.7 Å². The first-order valence-corrected chi connectivity index (χ1v) is 11.1. The number of halogens is 1. The number of fused-ring (bicyclic) bond motifs is 5. The van der Waals surface area contributed by atoms with Gasteiger partial charge < -0.3 is 15.8 Å². The summed E-state index contributed by atoms with van der Waals surface area (Å²) in [5.74, 6) is 0.277. The first-order valence-electron chi connectivity index (χ1n) is 11.1. The fourth-order valence-corrected chi connectivity index (χ4v) is 4.78. The molecule has 8 nitrogen and oxygen atoms in total. The van der Waals surface area contributed by atoms with Crippen LogP contribution >= 0.6 is 0 Å². The van der Waals surface area contributed by atoms with Crippen molar-refractivity contribution in [3.8, 4) is 22.9 Å². The van der Waals surface area contributed by atoms with Crippen LogP contribution in [0, 0.1) is 17.1 Å². The van der Waals surface area contributed by atoms with Crippen LogP contribution in [0.25, 0.3) is 11.1 Å². The van der Waals surface area contributed by atoms with Gasteiger partial charge in [-0.2, -0.15) is 10.4 Å². The minimum atomic E-state index is -0.481. The Morgan fingerprint density at radius 1 is 1.27 bits per heavy atom. The molecular formula is C24H26FN7O. The van der Waals surface area contributed by atoms with Crippen LogP contribution in [0.15, 0.2) is 30.5 Å². The molecule has 0 saturated carbocycles. The summed E-state index contributed by atoms with van der Waals surface area (Å²) in [6, 6.07) is 8.76. The Morgan fingerprint density at radius 2 is 2.06 bits per heavy atom. The molecule has 2 atom stereocenters. The van der Waals surface area contributed by atoms with Crippen LogP contribution in [0.2, 0.25) is 0 Å². The molecule has 1 fully saturated rings. The second-order valence-electron chi connectivity index (χ2n) is 8.61. The SMILES string of the molecule is C[C@H]1Oc2cc(cnc2N)-c2c(nn(C)c2C#N)CC(N2CCCC2)Nc2ccc(F)cc21. The number of likely N-dealkylation sites (tertiary alicyclic amines) is 1. The summed E-state index contributed by atoms with van der Waals surface area (Å²) in [6.07, 6.45) is 3.90. The number of rotatable bonds is 1. The van der Waals surface area contributed by atoms with Crippen LogP contribution in [0.1, 0.15) is 42.8 Å². The van der Waals surface area contributed by atoms with Gasteiger partial charge in [0.05, 0.1) is 11.9 Å². The largest absolute Gasteiger partial charge is 0.482 e. The molecule has 33 heavy (non-hydrogen) atoms. The molecule has 1 unspecified atom stereocenters. The van der Waals surface area contributed by atoms with Gasteiger partial charge in [0, 0.05) is 55.1 Å². The van der Waals surface area contributed by atoms with E-state index in [2.05, 4.69) is 21.3 Å². The third-order valence-corrected chi connectivity index (χ3v) is 6.44. The summed E-state index contributed by atoms with van der Waals surface area (Å²) in [5.41, 5.74) is 10.3. The second kappa shape index (κ2) is 8.37. The average molecular weight is 448 g/mol. The number of nitrogens with one attached hydrogen (secondary N) is 1. The number of ether oxygens (including phenoxy) is 1. The Bertz CT molecular complexity index is 1240. The zero-order valence-corrected chi connectivity index (χ0v) is 18.7. The van der Waals surface area contributed by atoms with Crippen molar-refractivity contribution in [1.82, 2.24) is 19.7 Å². The van der Waals surface area contributed by atoms with E-state index in [0.717, 1.165) is 42.9 Å². The lowest BCUT2D eigenvalue weighted by Gasteiger charge is -2.31. The highest BCUT2D eigenvalue weighted by Crippen LogP contribution is 2.37. The molecule has 5 rings (SSSR count). The van der Waals surface area contributed by atoms with Crippen molar-refractivity contribution in [1.29, 1.82) is 5.26 Å². The number of benzene rings is 1. The number of hydrogen-bond donors (Lipinski definition) is 2. The van der Waals surface area contributed by atoms with Crippen LogP contribution in [0.3, 0.4) is 0 Å². The zero-order chi connectivity index (χ0) is 23.1. The summed E-state index contributed by atoms with van der Waals surface area (Å²) in [5, 5.41) is 18.2. The second-order valence-corrected chi connectivity index (χ2v) is 8.61. The molecule has 2 aromatic heterocycles. The summed E-state index contributed by atoms with van der Waals surface area (Å²) < 4.78 is 22.0. The van der Waals surface area contributed by atoms with Gasteiger partial charge in [-0.15, -0.1) is 0 Å². The molecule has 2 aliphatic rings. The number of aryl methyl sites for hydroxylation is 1. The molecule has 9 heteroatoms. The Morgan fingerprint density at radius 3 is 2.82 bits per heavy atom. The topological polar surface area (TPSA) is 105 Å². The normalized spacial score (nSPS) is 20.4. The van der Waals surface area contributed by atoms with Crippen molar-refractivity contribution < 1.29 is 9.13 Å². The first-order chi connectivity index (χ1) is 15.9. The number of pyridine rings is 1. The molecule has 3 N–H and O–H groups in total. The molecule has 3 aromatic rings. The number of nitrogens with zero attached hydrogens (tertiary/aromatic N) is 5. The van der Waals surface area contributed by atoms with Gasteiger partial charge in [-0.3, -0.25) is 9.58 Å². The van der Waals surface area contributed by atoms with Crippen molar-refractivity contribution in [3.05, 3.63) is 53.2 Å². The fraction of sp³-hybridized carbons (Fsp3) is 0.375. The Hall–Kier alpha value is -3.64. The van der Waals surface area contributed by atoms with Crippen molar-refractivity contribution >= 4 is 11.5 Å². The van der Waals surface area contributed by atoms with E-state index in [4.69, 9.17) is 15.6 Å². The van der Waals surface area contributed by atoms with Crippen LogP contribution in [-0.4, -0.2) is 38.9 Å². The van der Waals surface area contributed by atoms with Crippen LogP contribution < -0.4 is 15.8 Å². The van der Waals surface area contributed by atoms with E-state index < -0.39 is 6.10 Å². The third kappa shape index (κ3) is 3.87. The smallest absolute Gasteiger partial charge is 0.166 e. The Balaban J connectivity index is 1.72. The minimum absolute atomic E-state index is 0.0789. The molecule has 0 amide bonds. The van der Waals surface area contributed by atoms with Gasteiger partial charge in [0.2, 0.25) is 0 Å². The van der Waals surface area contributed by atoms with Crippen molar-refractivity contribution in [2.24, 2.45) is 7.05 Å². The Labute approximate surface area is 191 Å². The van der Waals surface area contributed by atoms with Gasteiger partial charge in [-0.05, 0) is 44.0 Å². The summed E-state index contributed by atoms with van der Waals surface area (Å²) in [4.78, 5) is 6.70. The van der Waals surface area contributed by atoms with Crippen LogP contribution in [-0.2, 0) is 13.5 Å². The van der Waals surface area contributed by atoms with E-state index in [9.17, 15) is 9.65 Å². The highest BCUT2D eigenvalue weighted by molar-refractivity contribution is 5.74. The van der Waals surface area contributed by atoms with E-state index in [1.165, 1.54) is 12.1 Å². The molecule has 0 spiro atoms. The maximum absolute atomic E-state index is 14.2. The minimum Gasteiger partial charge on any atom is -0.482 e. The predicted octanol–water partition coefficient (Wildman–Crippen LogP) is 3.60. The van der Waals surface area contributed by atoms with Crippen molar-refractivity contribution in [2.45, 2.75) is 38.5 Å². The quantitative estimate of drug-likeness (QED) is 0.587. The lowest BCUT2D eigenvalue weighted by Crippen LogP contribution is -2.41. The van der Waals surface area contributed by atoms with Gasteiger partial charge in [-0.25, -0.2) is 9.37 Å². The highest BCUT2D eigenvalue weighted by Gasteiger charge is 2.29. The number of nitrogen functional groups attached to an aromatic ring is 1. The van der Waals surface area contributed by atoms with E-state index >= 15 is 0 Å². The van der Waals surface area contributed by atoms with Gasteiger partial charge in [0.25, 0.3) is 0 Å². The third-order valence-electron chi connectivity index (χ3n) is 6.44. The van der Waals surface area contributed by atoms with Gasteiger partial charge in [0.15, 0.2) is 11.6 Å². The Kier molecular flexibility index (Phi) is 5.38. The zero-order valence-electron chi connectivity index (χ0n) is 18.7. The molecule has 170 valence electrons. The molecule has 0 aliphatic carbocycles. The van der Waals surface area contributed by atoms with E-state index in [1.807, 2.05) is 6.92 Å². The summed E-state index contributed by atoms with van der Waals surface area (Å²) >= 11 is 0. The lowest BCUT2D eigenvalue weighted by atomic mass is 10.0. The molecule has 1 saturated heterocycles.